The fourth-order valence-electron chi connectivity index (χ4n) is 2.00. The van der Waals surface area contributed by atoms with E-state index in [2.05, 4.69) is 10.6 Å². The highest BCUT2D eigenvalue weighted by molar-refractivity contribution is 6.39. The second kappa shape index (κ2) is 6.33. The summed E-state index contributed by atoms with van der Waals surface area (Å²) >= 11 is 0. The van der Waals surface area contributed by atoms with Crippen molar-refractivity contribution in [3.8, 4) is 0 Å². The third-order valence-electron chi connectivity index (χ3n) is 3.00. The SMILES string of the molecule is Cc1cccc(NC(=O)C(=O)NC[C@@H]2CCCO2)c1. The molecule has 5 nitrogen and oxygen atoms in total. The van der Waals surface area contributed by atoms with E-state index in [0.29, 0.717) is 12.2 Å². The lowest BCUT2D eigenvalue weighted by molar-refractivity contribution is -0.136. The summed E-state index contributed by atoms with van der Waals surface area (Å²) in [5.74, 6) is -1.28. The Morgan fingerprint density at radius 2 is 2.21 bits per heavy atom. The van der Waals surface area contributed by atoms with Crippen molar-refractivity contribution in [2.75, 3.05) is 18.5 Å². The molecule has 1 atom stereocenters. The molecule has 1 aromatic carbocycles. The van der Waals surface area contributed by atoms with E-state index in [1.165, 1.54) is 0 Å². The van der Waals surface area contributed by atoms with E-state index in [4.69, 9.17) is 4.74 Å². The second-order valence-corrected chi connectivity index (χ2v) is 4.67. The van der Waals surface area contributed by atoms with E-state index in [1.807, 2.05) is 25.1 Å². The number of nitrogens with one attached hydrogen (secondary N) is 2. The fraction of sp³-hybridized carbons (Fsp3) is 0.429. The highest BCUT2D eigenvalue weighted by Gasteiger charge is 2.19. The minimum absolute atomic E-state index is 0.0377. The maximum atomic E-state index is 11.7. The third kappa shape index (κ3) is 4.06. The van der Waals surface area contributed by atoms with Gasteiger partial charge in [-0.05, 0) is 37.5 Å². The Hall–Kier alpha value is -1.88. The van der Waals surface area contributed by atoms with Gasteiger partial charge >= 0.3 is 11.8 Å². The number of hydrogen-bond donors (Lipinski definition) is 2. The first-order chi connectivity index (χ1) is 9.15. The van der Waals surface area contributed by atoms with Gasteiger partial charge in [0.15, 0.2) is 0 Å². The quantitative estimate of drug-likeness (QED) is 0.805. The minimum atomic E-state index is -0.649. The monoisotopic (exact) mass is 262 g/mol. The Morgan fingerprint density at radius 3 is 2.89 bits per heavy atom. The molecule has 19 heavy (non-hydrogen) atoms. The molecule has 0 spiro atoms. The van der Waals surface area contributed by atoms with Crippen LogP contribution in [0.4, 0.5) is 5.69 Å². The summed E-state index contributed by atoms with van der Waals surface area (Å²) in [4.78, 5) is 23.3. The molecule has 1 aromatic rings. The van der Waals surface area contributed by atoms with E-state index >= 15 is 0 Å². The van der Waals surface area contributed by atoms with Crippen molar-refractivity contribution < 1.29 is 14.3 Å². The maximum absolute atomic E-state index is 11.7. The van der Waals surface area contributed by atoms with Crippen LogP contribution < -0.4 is 10.6 Å². The van der Waals surface area contributed by atoms with Gasteiger partial charge in [0.25, 0.3) is 0 Å². The predicted molar refractivity (Wildman–Crippen MR) is 71.8 cm³/mol. The normalized spacial score (nSPS) is 18.1. The number of carbonyl (C=O) groups excluding carboxylic acids is 2. The van der Waals surface area contributed by atoms with Crippen molar-refractivity contribution >= 4 is 17.5 Å². The molecule has 0 saturated carbocycles. The number of benzene rings is 1. The molecule has 0 aromatic heterocycles. The van der Waals surface area contributed by atoms with Crippen LogP contribution in [0.2, 0.25) is 0 Å². The molecular weight excluding hydrogens is 244 g/mol. The molecular formula is C14H18N2O3. The molecule has 1 aliphatic heterocycles. The van der Waals surface area contributed by atoms with Crippen LogP contribution in [-0.4, -0.2) is 31.1 Å². The average molecular weight is 262 g/mol. The van der Waals surface area contributed by atoms with Gasteiger partial charge in [-0.2, -0.15) is 0 Å². The van der Waals surface area contributed by atoms with Crippen LogP contribution in [0, 0.1) is 6.92 Å². The lowest BCUT2D eigenvalue weighted by atomic mass is 10.2. The predicted octanol–water partition coefficient (Wildman–Crippen LogP) is 1.23. The fourth-order valence-corrected chi connectivity index (χ4v) is 2.00. The van der Waals surface area contributed by atoms with Crippen molar-refractivity contribution in [2.45, 2.75) is 25.9 Å². The smallest absolute Gasteiger partial charge is 0.313 e. The van der Waals surface area contributed by atoms with E-state index in [0.717, 1.165) is 25.0 Å². The highest BCUT2D eigenvalue weighted by Crippen LogP contribution is 2.11. The summed E-state index contributed by atoms with van der Waals surface area (Å²) in [6.07, 6.45) is 1.98. The zero-order valence-corrected chi connectivity index (χ0v) is 10.9. The molecule has 1 aliphatic rings. The molecule has 1 saturated heterocycles. The summed E-state index contributed by atoms with van der Waals surface area (Å²) < 4.78 is 5.37. The van der Waals surface area contributed by atoms with Crippen molar-refractivity contribution in [3.05, 3.63) is 29.8 Å². The summed E-state index contributed by atoms with van der Waals surface area (Å²) in [5.41, 5.74) is 1.65. The molecule has 1 fully saturated rings. The van der Waals surface area contributed by atoms with Gasteiger partial charge in [-0.25, -0.2) is 0 Å². The zero-order valence-electron chi connectivity index (χ0n) is 10.9. The van der Waals surface area contributed by atoms with Gasteiger partial charge in [-0.1, -0.05) is 12.1 Å². The molecule has 0 bridgehead atoms. The summed E-state index contributed by atoms with van der Waals surface area (Å²) in [6, 6.07) is 7.31. The number of amides is 2. The summed E-state index contributed by atoms with van der Waals surface area (Å²) in [7, 11) is 0. The van der Waals surface area contributed by atoms with Gasteiger partial charge in [0.05, 0.1) is 6.10 Å². The Bertz CT molecular complexity index is 468. The van der Waals surface area contributed by atoms with E-state index in [9.17, 15) is 9.59 Å². The molecule has 0 radical (unpaired) electrons. The number of ether oxygens (including phenoxy) is 1. The molecule has 1 heterocycles. The standard InChI is InChI=1S/C14H18N2O3/c1-10-4-2-5-11(8-10)16-14(18)13(17)15-9-12-6-3-7-19-12/h2,4-5,8,12H,3,6-7,9H2,1H3,(H,15,17)(H,16,18)/t12-/m0/s1. The average Bonchev–Trinajstić information content (AvgIpc) is 2.89. The first-order valence-corrected chi connectivity index (χ1v) is 6.42. The largest absolute Gasteiger partial charge is 0.376 e. The van der Waals surface area contributed by atoms with Gasteiger partial charge < -0.3 is 15.4 Å². The van der Waals surface area contributed by atoms with Gasteiger partial charge in [0, 0.05) is 18.8 Å². The lowest BCUT2D eigenvalue weighted by Gasteiger charge is -2.10. The number of rotatable bonds is 3. The first-order valence-electron chi connectivity index (χ1n) is 6.42. The Balaban J connectivity index is 1.80. The molecule has 0 aliphatic carbocycles. The molecule has 5 heteroatoms. The van der Waals surface area contributed by atoms with Crippen LogP contribution in [-0.2, 0) is 14.3 Å². The summed E-state index contributed by atoms with van der Waals surface area (Å²) in [5, 5.41) is 5.15. The highest BCUT2D eigenvalue weighted by atomic mass is 16.5. The van der Waals surface area contributed by atoms with Crippen LogP contribution in [0.1, 0.15) is 18.4 Å². The van der Waals surface area contributed by atoms with Crippen molar-refractivity contribution in [3.63, 3.8) is 0 Å². The molecule has 2 amide bonds. The van der Waals surface area contributed by atoms with Gasteiger partial charge in [-0.15, -0.1) is 0 Å². The van der Waals surface area contributed by atoms with Crippen LogP contribution in [0.5, 0.6) is 0 Å². The van der Waals surface area contributed by atoms with Crippen LogP contribution in [0.25, 0.3) is 0 Å². The first kappa shape index (κ1) is 13.5. The Kier molecular flexibility index (Phi) is 4.52. The van der Waals surface area contributed by atoms with Gasteiger partial charge in [0.1, 0.15) is 0 Å². The van der Waals surface area contributed by atoms with Gasteiger partial charge in [-0.3, -0.25) is 9.59 Å². The topological polar surface area (TPSA) is 67.4 Å². The van der Waals surface area contributed by atoms with Crippen LogP contribution in [0.3, 0.4) is 0 Å². The van der Waals surface area contributed by atoms with Crippen molar-refractivity contribution in [2.24, 2.45) is 0 Å². The Morgan fingerprint density at radius 1 is 1.37 bits per heavy atom. The second-order valence-electron chi connectivity index (χ2n) is 4.67. The van der Waals surface area contributed by atoms with Gasteiger partial charge in [0.2, 0.25) is 0 Å². The van der Waals surface area contributed by atoms with Crippen LogP contribution in [0.15, 0.2) is 24.3 Å². The number of aryl methyl sites for hydroxylation is 1. The maximum Gasteiger partial charge on any atom is 0.313 e. The Labute approximate surface area is 112 Å². The van der Waals surface area contributed by atoms with Crippen LogP contribution >= 0.6 is 0 Å². The molecule has 0 unspecified atom stereocenters. The van der Waals surface area contributed by atoms with E-state index < -0.39 is 11.8 Å². The minimum Gasteiger partial charge on any atom is -0.376 e. The molecule has 2 rings (SSSR count). The number of carbonyl (C=O) groups is 2. The summed E-state index contributed by atoms with van der Waals surface area (Å²) in [6.45, 7) is 3.04. The number of anilines is 1. The number of hydrogen-bond acceptors (Lipinski definition) is 3. The van der Waals surface area contributed by atoms with E-state index in [-0.39, 0.29) is 6.10 Å². The van der Waals surface area contributed by atoms with Crippen molar-refractivity contribution in [1.82, 2.24) is 5.32 Å². The van der Waals surface area contributed by atoms with Crippen molar-refractivity contribution in [1.29, 1.82) is 0 Å². The lowest BCUT2D eigenvalue weighted by Crippen LogP contribution is -2.39. The molecule has 102 valence electrons. The van der Waals surface area contributed by atoms with E-state index in [1.54, 1.807) is 6.07 Å². The third-order valence-corrected chi connectivity index (χ3v) is 3.00. The zero-order chi connectivity index (χ0) is 13.7. The molecule has 2 N–H and O–H groups in total.